The van der Waals surface area contributed by atoms with E-state index in [1.165, 1.54) is 109 Å². The van der Waals surface area contributed by atoms with E-state index in [4.69, 9.17) is 4.74 Å². The molecule has 0 spiro atoms. The molecule has 0 aromatic carbocycles. The summed E-state index contributed by atoms with van der Waals surface area (Å²) in [5, 5.41) is 0. The van der Waals surface area contributed by atoms with Crippen LogP contribution in [-0.2, 0) is 14.3 Å². The summed E-state index contributed by atoms with van der Waals surface area (Å²) in [5.74, 6) is 5.11. The van der Waals surface area contributed by atoms with E-state index >= 15 is 0 Å². The predicted octanol–water partition coefficient (Wildman–Crippen LogP) is 12.5. The van der Waals surface area contributed by atoms with Crippen molar-refractivity contribution in [2.45, 2.75) is 202 Å². The first-order chi connectivity index (χ1) is 23.5. The van der Waals surface area contributed by atoms with Crippen molar-refractivity contribution in [1.29, 1.82) is 0 Å². The van der Waals surface area contributed by atoms with E-state index in [9.17, 15) is 9.59 Å². The summed E-state index contributed by atoms with van der Waals surface area (Å²) in [7, 11) is 1.85. The minimum absolute atomic E-state index is 0.00266. The van der Waals surface area contributed by atoms with Crippen LogP contribution in [0.3, 0.4) is 0 Å². The van der Waals surface area contributed by atoms with Crippen molar-refractivity contribution in [2.75, 3.05) is 13.6 Å². The number of hydrogen-bond donors (Lipinski definition) is 0. The van der Waals surface area contributed by atoms with Gasteiger partial charge in [-0.2, -0.15) is 0 Å². The summed E-state index contributed by atoms with van der Waals surface area (Å²) in [6.45, 7) is 15.3. The lowest BCUT2D eigenvalue weighted by atomic mass is 9.47. The highest BCUT2D eigenvalue weighted by molar-refractivity contribution is 5.77. The maximum atomic E-state index is 12.9. The molecular formula is C45H79NO3. The number of unbranched alkanes of at least 4 members (excludes halogenated alkanes) is 10. The lowest BCUT2D eigenvalue weighted by Gasteiger charge is -2.58. The van der Waals surface area contributed by atoms with Crippen LogP contribution >= 0.6 is 0 Å². The second-order valence-corrected chi connectivity index (χ2v) is 18.5. The first-order valence-electron chi connectivity index (χ1n) is 21.6. The molecule has 3 fully saturated rings. The molecule has 4 heteroatoms. The maximum absolute atomic E-state index is 12.9. The van der Waals surface area contributed by atoms with Crippen molar-refractivity contribution in [2.24, 2.45) is 46.3 Å². The number of fused-ring (bicyclic) bond motifs is 5. The minimum Gasteiger partial charge on any atom is -0.462 e. The lowest BCUT2D eigenvalue weighted by molar-refractivity contribution is -0.152. The third kappa shape index (κ3) is 10.8. The van der Waals surface area contributed by atoms with Crippen LogP contribution in [0.5, 0.6) is 0 Å². The fraction of sp³-hybridized carbons (Fsp3) is 0.911. The molecule has 0 radical (unpaired) electrons. The Kier molecular flexibility index (Phi) is 16.1. The Bertz CT molecular complexity index is 1050. The summed E-state index contributed by atoms with van der Waals surface area (Å²) in [4.78, 5) is 27.4. The van der Waals surface area contributed by atoms with Crippen LogP contribution in [0.4, 0.5) is 0 Å². The Morgan fingerprint density at radius 2 is 1.49 bits per heavy atom. The van der Waals surface area contributed by atoms with Gasteiger partial charge in [0.05, 0.1) is 6.42 Å². The standard InChI is InChI=1S/C45H79NO3/c1-8-9-10-11-12-13-14-15-16-17-18-22-42(47)46(7)32-29-43(48)49-37-27-30-44(5)36(33-37)23-24-38-40-26-25-39(35(4)21-19-20-34(2)3)45(40,6)31-28-41(38)44/h23,34-35,37-41H,8-22,24-33H2,1-7H3/t35-,37?,38?,39-,40?,41?,44+,45-/m1/s1. The van der Waals surface area contributed by atoms with Crippen LogP contribution in [0.2, 0.25) is 0 Å². The fourth-order valence-electron chi connectivity index (χ4n) is 11.5. The van der Waals surface area contributed by atoms with Gasteiger partial charge in [0.1, 0.15) is 6.10 Å². The van der Waals surface area contributed by atoms with Crippen molar-refractivity contribution in [3.8, 4) is 0 Å². The van der Waals surface area contributed by atoms with Crippen LogP contribution in [0, 0.1) is 46.3 Å². The molecule has 3 saturated carbocycles. The van der Waals surface area contributed by atoms with Gasteiger partial charge in [0.25, 0.3) is 0 Å². The SMILES string of the molecule is CCCCCCCCCCCCCC(=O)N(C)CCC(=O)OC1CC[C@@]2(C)C(=CCC3C2CC[C@@]2(C)C3CC[C@@H]2[C@H](C)CCCC(C)C)C1. The molecule has 0 aliphatic heterocycles. The molecule has 4 aliphatic carbocycles. The van der Waals surface area contributed by atoms with Gasteiger partial charge in [0, 0.05) is 26.4 Å². The molecule has 4 unspecified atom stereocenters. The van der Waals surface area contributed by atoms with E-state index in [1.807, 2.05) is 7.05 Å². The number of carbonyl (C=O) groups excluding carboxylic acids is 2. The molecule has 4 aliphatic rings. The van der Waals surface area contributed by atoms with Gasteiger partial charge in [-0.15, -0.1) is 0 Å². The molecule has 0 bridgehead atoms. The number of rotatable bonds is 21. The Morgan fingerprint density at radius 3 is 2.16 bits per heavy atom. The molecule has 0 heterocycles. The highest BCUT2D eigenvalue weighted by Gasteiger charge is 2.59. The van der Waals surface area contributed by atoms with E-state index in [2.05, 4.69) is 47.6 Å². The average Bonchev–Trinajstić information content (AvgIpc) is 3.43. The average molecular weight is 682 g/mol. The number of hydrogen-bond acceptors (Lipinski definition) is 3. The molecule has 0 aromatic heterocycles. The van der Waals surface area contributed by atoms with Crippen molar-refractivity contribution in [3.63, 3.8) is 0 Å². The Labute approximate surface area is 303 Å². The number of amides is 1. The monoisotopic (exact) mass is 682 g/mol. The topological polar surface area (TPSA) is 46.6 Å². The smallest absolute Gasteiger partial charge is 0.307 e. The van der Waals surface area contributed by atoms with Crippen LogP contribution in [-0.4, -0.2) is 36.5 Å². The first kappa shape index (κ1) is 40.5. The normalized spacial score (nSPS) is 31.4. The molecule has 1 amide bonds. The Hall–Kier alpha value is -1.32. The van der Waals surface area contributed by atoms with Gasteiger partial charge >= 0.3 is 5.97 Å². The van der Waals surface area contributed by atoms with Crippen LogP contribution in [0.15, 0.2) is 11.6 Å². The van der Waals surface area contributed by atoms with Gasteiger partial charge in [-0.1, -0.05) is 137 Å². The Balaban J connectivity index is 1.15. The van der Waals surface area contributed by atoms with Crippen LogP contribution in [0.1, 0.15) is 196 Å². The highest BCUT2D eigenvalue weighted by Crippen LogP contribution is 2.67. The molecular weight excluding hydrogens is 602 g/mol. The van der Waals surface area contributed by atoms with Gasteiger partial charge in [0.15, 0.2) is 0 Å². The van der Waals surface area contributed by atoms with E-state index in [1.54, 1.807) is 10.5 Å². The molecule has 8 atom stereocenters. The summed E-state index contributed by atoms with van der Waals surface area (Å²) in [5.41, 5.74) is 2.38. The summed E-state index contributed by atoms with van der Waals surface area (Å²) < 4.78 is 6.08. The molecule has 4 nitrogen and oxygen atoms in total. The van der Waals surface area contributed by atoms with Crippen molar-refractivity contribution in [3.05, 3.63) is 11.6 Å². The zero-order valence-electron chi connectivity index (χ0n) is 33.5. The fourth-order valence-corrected chi connectivity index (χ4v) is 11.5. The van der Waals surface area contributed by atoms with E-state index < -0.39 is 0 Å². The van der Waals surface area contributed by atoms with Crippen molar-refractivity contribution in [1.82, 2.24) is 4.90 Å². The van der Waals surface area contributed by atoms with Crippen LogP contribution < -0.4 is 0 Å². The number of allylic oxidation sites excluding steroid dienone is 1. The van der Waals surface area contributed by atoms with Crippen molar-refractivity contribution >= 4 is 11.9 Å². The number of ether oxygens (including phenoxy) is 1. The highest BCUT2D eigenvalue weighted by atomic mass is 16.5. The molecule has 49 heavy (non-hydrogen) atoms. The molecule has 0 aromatic rings. The largest absolute Gasteiger partial charge is 0.462 e. The van der Waals surface area contributed by atoms with E-state index in [0.29, 0.717) is 24.8 Å². The Morgan fingerprint density at radius 1 is 0.816 bits per heavy atom. The zero-order chi connectivity index (χ0) is 35.4. The molecule has 0 saturated heterocycles. The number of nitrogens with zero attached hydrogens (tertiary/aromatic N) is 1. The van der Waals surface area contributed by atoms with Crippen LogP contribution in [0.25, 0.3) is 0 Å². The lowest BCUT2D eigenvalue weighted by Crippen LogP contribution is -2.51. The second-order valence-electron chi connectivity index (χ2n) is 18.5. The quantitative estimate of drug-likeness (QED) is 0.0688. The maximum Gasteiger partial charge on any atom is 0.307 e. The van der Waals surface area contributed by atoms with Crippen molar-refractivity contribution < 1.29 is 14.3 Å². The predicted molar refractivity (Wildman–Crippen MR) is 206 cm³/mol. The third-order valence-corrected chi connectivity index (χ3v) is 14.6. The van der Waals surface area contributed by atoms with Gasteiger partial charge < -0.3 is 9.64 Å². The van der Waals surface area contributed by atoms with Gasteiger partial charge in [-0.3, -0.25) is 9.59 Å². The van der Waals surface area contributed by atoms with Gasteiger partial charge in [-0.25, -0.2) is 0 Å². The minimum atomic E-state index is -0.134. The number of carbonyl (C=O) groups is 2. The first-order valence-corrected chi connectivity index (χ1v) is 21.6. The number of esters is 1. The van der Waals surface area contributed by atoms with E-state index in [-0.39, 0.29) is 23.4 Å². The van der Waals surface area contributed by atoms with E-state index in [0.717, 1.165) is 67.6 Å². The zero-order valence-corrected chi connectivity index (χ0v) is 33.5. The molecule has 4 rings (SSSR count). The van der Waals surface area contributed by atoms with Gasteiger partial charge in [0.2, 0.25) is 5.91 Å². The van der Waals surface area contributed by atoms with Gasteiger partial charge in [-0.05, 0) is 97.7 Å². The summed E-state index contributed by atoms with van der Waals surface area (Å²) in [6.07, 6.45) is 31.8. The summed E-state index contributed by atoms with van der Waals surface area (Å²) in [6, 6.07) is 0. The second kappa shape index (κ2) is 19.5. The molecule has 0 N–H and O–H groups in total. The molecule has 282 valence electrons. The third-order valence-electron chi connectivity index (χ3n) is 14.6. The summed E-state index contributed by atoms with van der Waals surface area (Å²) >= 11 is 0.